The van der Waals surface area contributed by atoms with Crippen LogP contribution in [0.1, 0.15) is 32.3 Å². The summed E-state index contributed by atoms with van der Waals surface area (Å²) in [4.78, 5) is 14.8. The summed E-state index contributed by atoms with van der Waals surface area (Å²) >= 11 is 0. The SMILES string of the molecule is CCCCOc1ccc2[nH]c(-c3ccc(OCC)cc3)c(CC(=O)O)c2c1. The first-order valence-electron chi connectivity index (χ1n) is 9.34. The molecule has 0 radical (unpaired) electrons. The third-order valence-corrected chi connectivity index (χ3v) is 4.43. The van der Waals surface area contributed by atoms with Crippen LogP contribution in [0.2, 0.25) is 0 Å². The fraction of sp³-hybridized carbons (Fsp3) is 0.318. The van der Waals surface area contributed by atoms with Gasteiger partial charge in [0.2, 0.25) is 0 Å². The molecule has 27 heavy (non-hydrogen) atoms. The molecule has 0 aliphatic heterocycles. The number of fused-ring (bicyclic) bond motifs is 1. The van der Waals surface area contributed by atoms with Gasteiger partial charge < -0.3 is 19.6 Å². The Morgan fingerprint density at radius 2 is 1.78 bits per heavy atom. The second-order valence-corrected chi connectivity index (χ2v) is 6.42. The first-order chi connectivity index (χ1) is 13.1. The molecule has 0 saturated carbocycles. The molecule has 0 aliphatic carbocycles. The summed E-state index contributed by atoms with van der Waals surface area (Å²) in [5.74, 6) is 0.698. The van der Waals surface area contributed by atoms with Crippen molar-refractivity contribution in [3.8, 4) is 22.8 Å². The van der Waals surface area contributed by atoms with Crippen molar-refractivity contribution in [3.05, 3.63) is 48.0 Å². The predicted molar refractivity (Wildman–Crippen MR) is 107 cm³/mol. The first-order valence-corrected chi connectivity index (χ1v) is 9.34. The fourth-order valence-corrected chi connectivity index (χ4v) is 3.12. The second kappa shape index (κ2) is 8.62. The van der Waals surface area contributed by atoms with Gasteiger partial charge in [0.1, 0.15) is 11.5 Å². The van der Waals surface area contributed by atoms with Crippen molar-refractivity contribution in [3.63, 3.8) is 0 Å². The number of aromatic amines is 1. The minimum atomic E-state index is -0.861. The van der Waals surface area contributed by atoms with Crippen molar-refractivity contribution < 1.29 is 19.4 Å². The Balaban J connectivity index is 2.01. The van der Waals surface area contributed by atoms with E-state index in [1.165, 1.54) is 0 Å². The monoisotopic (exact) mass is 367 g/mol. The number of carbonyl (C=O) groups is 1. The number of unbranched alkanes of at least 4 members (excludes halogenated alkanes) is 1. The number of carboxylic acids is 1. The molecule has 0 unspecified atom stereocenters. The van der Waals surface area contributed by atoms with Gasteiger partial charge in [0.25, 0.3) is 0 Å². The molecular formula is C22H25NO4. The molecule has 0 bridgehead atoms. The van der Waals surface area contributed by atoms with Gasteiger partial charge >= 0.3 is 5.97 Å². The molecule has 0 amide bonds. The lowest BCUT2D eigenvalue weighted by atomic mass is 10.0. The Morgan fingerprint density at radius 3 is 2.44 bits per heavy atom. The van der Waals surface area contributed by atoms with E-state index in [9.17, 15) is 9.90 Å². The van der Waals surface area contributed by atoms with Crippen LogP contribution in [0.15, 0.2) is 42.5 Å². The highest BCUT2D eigenvalue weighted by Crippen LogP contribution is 2.33. The summed E-state index contributed by atoms with van der Waals surface area (Å²) in [6, 6.07) is 13.5. The maximum Gasteiger partial charge on any atom is 0.307 e. The second-order valence-electron chi connectivity index (χ2n) is 6.42. The third kappa shape index (κ3) is 4.42. The summed E-state index contributed by atoms with van der Waals surface area (Å²) in [6.07, 6.45) is 2.00. The van der Waals surface area contributed by atoms with Gasteiger partial charge in [-0.05, 0) is 66.9 Å². The van der Waals surface area contributed by atoms with Crippen LogP contribution in [0.3, 0.4) is 0 Å². The largest absolute Gasteiger partial charge is 0.494 e. The Morgan fingerprint density at radius 1 is 1.04 bits per heavy atom. The van der Waals surface area contributed by atoms with Gasteiger partial charge in [0.15, 0.2) is 0 Å². The van der Waals surface area contributed by atoms with Gasteiger partial charge in [-0.3, -0.25) is 4.79 Å². The van der Waals surface area contributed by atoms with E-state index in [-0.39, 0.29) is 6.42 Å². The van der Waals surface area contributed by atoms with Gasteiger partial charge in [0.05, 0.1) is 25.3 Å². The number of ether oxygens (including phenoxy) is 2. The number of benzene rings is 2. The van der Waals surface area contributed by atoms with Crippen molar-refractivity contribution in [1.82, 2.24) is 4.98 Å². The number of hydrogen-bond acceptors (Lipinski definition) is 3. The van der Waals surface area contributed by atoms with E-state index >= 15 is 0 Å². The van der Waals surface area contributed by atoms with Crippen molar-refractivity contribution in [1.29, 1.82) is 0 Å². The molecule has 142 valence electrons. The molecule has 2 aromatic carbocycles. The van der Waals surface area contributed by atoms with Gasteiger partial charge in [-0.15, -0.1) is 0 Å². The van der Waals surface area contributed by atoms with Crippen LogP contribution >= 0.6 is 0 Å². The zero-order valence-electron chi connectivity index (χ0n) is 15.7. The lowest BCUT2D eigenvalue weighted by Crippen LogP contribution is -2.01. The highest BCUT2D eigenvalue weighted by molar-refractivity contribution is 5.94. The smallest absolute Gasteiger partial charge is 0.307 e. The molecule has 0 spiro atoms. The number of H-pyrrole nitrogens is 1. The van der Waals surface area contributed by atoms with Crippen molar-refractivity contribution in [2.75, 3.05) is 13.2 Å². The average Bonchev–Trinajstić information content (AvgIpc) is 3.00. The van der Waals surface area contributed by atoms with Crippen LogP contribution in [0.25, 0.3) is 22.2 Å². The Bertz CT molecular complexity index is 912. The summed E-state index contributed by atoms with van der Waals surface area (Å²) in [7, 11) is 0. The Kier molecular flexibility index (Phi) is 6.01. The quantitative estimate of drug-likeness (QED) is 0.520. The number of aromatic nitrogens is 1. The molecule has 5 heteroatoms. The number of hydrogen-bond donors (Lipinski definition) is 2. The highest BCUT2D eigenvalue weighted by Gasteiger charge is 2.16. The van der Waals surface area contributed by atoms with E-state index in [0.29, 0.717) is 13.2 Å². The summed E-state index contributed by atoms with van der Waals surface area (Å²) in [5.41, 5.74) is 3.42. The van der Waals surface area contributed by atoms with E-state index < -0.39 is 5.97 Å². The van der Waals surface area contributed by atoms with Crippen molar-refractivity contribution in [2.45, 2.75) is 33.1 Å². The molecule has 3 aromatic rings. The molecule has 1 aromatic heterocycles. The number of carboxylic acid groups (broad SMARTS) is 1. The molecule has 3 rings (SSSR count). The van der Waals surface area contributed by atoms with Crippen molar-refractivity contribution >= 4 is 16.9 Å². The zero-order chi connectivity index (χ0) is 19.2. The Labute approximate surface area is 158 Å². The minimum absolute atomic E-state index is 0.0546. The van der Waals surface area contributed by atoms with Crippen molar-refractivity contribution in [2.24, 2.45) is 0 Å². The standard InChI is InChI=1S/C22H25NO4/c1-3-5-12-27-17-10-11-20-18(13-17)19(14-21(24)25)22(23-20)15-6-8-16(9-7-15)26-4-2/h6-11,13,23H,3-5,12,14H2,1-2H3,(H,24,25). The Hall–Kier alpha value is -2.95. The predicted octanol–water partition coefficient (Wildman–Crippen LogP) is 5.04. The lowest BCUT2D eigenvalue weighted by molar-refractivity contribution is -0.136. The maximum atomic E-state index is 11.5. The molecule has 2 N–H and O–H groups in total. The van der Waals surface area contributed by atoms with Gasteiger partial charge in [-0.25, -0.2) is 0 Å². The van der Waals surface area contributed by atoms with E-state index in [0.717, 1.165) is 52.1 Å². The number of rotatable bonds is 9. The van der Waals surface area contributed by atoms with Crippen LogP contribution in [0, 0.1) is 0 Å². The van der Waals surface area contributed by atoms with Crippen LogP contribution in [-0.2, 0) is 11.2 Å². The molecule has 5 nitrogen and oxygen atoms in total. The van der Waals surface area contributed by atoms with Gasteiger partial charge in [-0.2, -0.15) is 0 Å². The van der Waals surface area contributed by atoms with Gasteiger partial charge in [0, 0.05) is 10.9 Å². The molecular weight excluding hydrogens is 342 g/mol. The topological polar surface area (TPSA) is 71.5 Å². The molecule has 0 aliphatic rings. The molecule has 0 saturated heterocycles. The van der Waals surface area contributed by atoms with E-state index in [1.54, 1.807) is 0 Å². The molecule has 0 fully saturated rings. The first kappa shape index (κ1) is 18.8. The van der Waals surface area contributed by atoms with Crippen LogP contribution in [0.5, 0.6) is 11.5 Å². The lowest BCUT2D eigenvalue weighted by Gasteiger charge is -2.07. The maximum absolute atomic E-state index is 11.5. The summed E-state index contributed by atoms with van der Waals surface area (Å²) in [5, 5.41) is 10.3. The van der Waals surface area contributed by atoms with Gasteiger partial charge in [-0.1, -0.05) is 13.3 Å². The van der Waals surface area contributed by atoms with E-state index in [2.05, 4.69) is 11.9 Å². The van der Waals surface area contributed by atoms with E-state index in [1.807, 2.05) is 49.4 Å². The molecule has 0 atom stereocenters. The van der Waals surface area contributed by atoms with Crippen LogP contribution < -0.4 is 9.47 Å². The van der Waals surface area contributed by atoms with E-state index in [4.69, 9.17) is 9.47 Å². The number of aliphatic carboxylic acids is 1. The zero-order valence-corrected chi connectivity index (χ0v) is 15.7. The van der Waals surface area contributed by atoms with Crippen LogP contribution in [0.4, 0.5) is 0 Å². The number of nitrogens with one attached hydrogen (secondary N) is 1. The minimum Gasteiger partial charge on any atom is -0.494 e. The summed E-state index contributed by atoms with van der Waals surface area (Å²) in [6.45, 7) is 5.33. The average molecular weight is 367 g/mol. The normalized spacial score (nSPS) is 10.9. The van der Waals surface area contributed by atoms with Crippen LogP contribution in [-0.4, -0.2) is 29.3 Å². The highest BCUT2D eigenvalue weighted by atomic mass is 16.5. The fourth-order valence-electron chi connectivity index (χ4n) is 3.12. The molecule has 1 heterocycles. The summed E-state index contributed by atoms with van der Waals surface area (Å²) < 4.78 is 11.3. The third-order valence-electron chi connectivity index (χ3n) is 4.43.